The van der Waals surface area contributed by atoms with Gasteiger partial charge >= 0.3 is 0 Å². The molecule has 0 saturated heterocycles. The standard InChI is InChI=1S/C16H13NO2/c1-2-16(18)13-4-3-5-15(10-13)19-14-8-6-12(11-17)7-9-14/h3-10H,2H2,1H3. The maximum atomic E-state index is 11.6. The molecule has 3 nitrogen and oxygen atoms in total. The Kier molecular flexibility index (Phi) is 3.94. The Bertz CT molecular complexity index is 624. The summed E-state index contributed by atoms with van der Waals surface area (Å²) in [6.45, 7) is 1.83. The molecule has 0 spiro atoms. The van der Waals surface area contributed by atoms with Gasteiger partial charge in [-0.1, -0.05) is 19.1 Å². The third kappa shape index (κ3) is 3.20. The van der Waals surface area contributed by atoms with Crippen LogP contribution in [0.3, 0.4) is 0 Å². The van der Waals surface area contributed by atoms with E-state index in [4.69, 9.17) is 10.00 Å². The van der Waals surface area contributed by atoms with E-state index >= 15 is 0 Å². The maximum absolute atomic E-state index is 11.6. The Morgan fingerprint density at radius 3 is 2.53 bits per heavy atom. The van der Waals surface area contributed by atoms with Crippen LogP contribution in [0.25, 0.3) is 0 Å². The van der Waals surface area contributed by atoms with Gasteiger partial charge in [0.05, 0.1) is 11.6 Å². The zero-order valence-corrected chi connectivity index (χ0v) is 10.6. The molecule has 0 bridgehead atoms. The Balaban J connectivity index is 2.18. The lowest BCUT2D eigenvalue weighted by Gasteiger charge is -2.07. The van der Waals surface area contributed by atoms with Crippen LogP contribution in [-0.4, -0.2) is 5.78 Å². The van der Waals surface area contributed by atoms with E-state index < -0.39 is 0 Å². The number of Topliss-reactive ketones (excluding diaryl/α,β-unsaturated/α-hetero) is 1. The lowest BCUT2D eigenvalue weighted by molar-refractivity contribution is 0.0988. The maximum Gasteiger partial charge on any atom is 0.162 e. The molecule has 0 N–H and O–H groups in total. The van der Waals surface area contributed by atoms with E-state index in [-0.39, 0.29) is 5.78 Å². The molecule has 19 heavy (non-hydrogen) atoms. The number of ether oxygens (including phenoxy) is 1. The zero-order chi connectivity index (χ0) is 13.7. The summed E-state index contributed by atoms with van der Waals surface area (Å²) < 4.78 is 5.65. The summed E-state index contributed by atoms with van der Waals surface area (Å²) in [5.41, 5.74) is 1.23. The second kappa shape index (κ2) is 5.83. The quantitative estimate of drug-likeness (QED) is 0.773. The van der Waals surface area contributed by atoms with E-state index in [1.807, 2.05) is 13.0 Å². The highest BCUT2D eigenvalue weighted by atomic mass is 16.5. The second-order valence-electron chi connectivity index (χ2n) is 4.04. The Morgan fingerprint density at radius 2 is 1.89 bits per heavy atom. The van der Waals surface area contributed by atoms with Crippen LogP contribution in [0.1, 0.15) is 29.3 Å². The van der Waals surface area contributed by atoms with Gasteiger partial charge in [0.1, 0.15) is 11.5 Å². The van der Waals surface area contributed by atoms with Crippen LogP contribution in [0.2, 0.25) is 0 Å². The van der Waals surface area contributed by atoms with E-state index in [1.54, 1.807) is 48.5 Å². The molecule has 0 aliphatic rings. The lowest BCUT2D eigenvalue weighted by Crippen LogP contribution is -1.96. The molecule has 0 heterocycles. The topological polar surface area (TPSA) is 50.1 Å². The average molecular weight is 251 g/mol. The molecule has 0 atom stereocenters. The molecule has 0 aliphatic carbocycles. The lowest BCUT2D eigenvalue weighted by atomic mass is 10.1. The fraction of sp³-hybridized carbons (Fsp3) is 0.125. The number of nitriles is 1. The minimum absolute atomic E-state index is 0.0882. The average Bonchev–Trinajstić information content (AvgIpc) is 2.47. The van der Waals surface area contributed by atoms with Gasteiger partial charge in [-0.2, -0.15) is 5.26 Å². The van der Waals surface area contributed by atoms with Crippen LogP contribution in [0.4, 0.5) is 0 Å². The first-order valence-electron chi connectivity index (χ1n) is 6.04. The molecular formula is C16H13NO2. The number of hydrogen-bond acceptors (Lipinski definition) is 3. The van der Waals surface area contributed by atoms with E-state index in [0.717, 1.165) is 0 Å². The SMILES string of the molecule is CCC(=O)c1cccc(Oc2ccc(C#N)cc2)c1. The highest BCUT2D eigenvalue weighted by Crippen LogP contribution is 2.23. The number of carbonyl (C=O) groups excluding carboxylic acids is 1. The highest BCUT2D eigenvalue weighted by molar-refractivity contribution is 5.96. The van der Waals surface area contributed by atoms with E-state index in [9.17, 15) is 4.79 Å². The minimum atomic E-state index is 0.0882. The molecule has 0 aliphatic heterocycles. The number of benzene rings is 2. The molecule has 0 aromatic heterocycles. The number of nitrogens with zero attached hydrogens (tertiary/aromatic N) is 1. The van der Waals surface area contributed by atoms with Crippen molar-refractivity contribution in [3.05, 3.63) is 59.7 Å². The number of hydrogen-bond donors (Lipinski definition) is 0. The van der Waals surface area contributed by atoms with Crippen molar-refractivity contribution in [2.45, 2.75) is 13.3 Å². The summed E-state index contributed by atoms with van der Waals surface area (Å²) in [5, 5.41) is 8.71. The van der Waals surface area contributed by atoms with Gasteiger partial charge in [-0.05, 0) is 36.4 Å². The molecule has 2 aromatic carbocycles. The molecule has 0 radical (unpaired) electrons. The van der Waals surface area contributed by atoms with Crippen LogP contribution in [0.5, 0.6) is 11.5 Å². The Hall–Kier alpha value is -2.60. The number of carbonyl (C=O) groups is 1. The van der Waals surface area contributed by atoms with Gasteiger partial charge in [0.25, 0.3) is 0 Å². The normalized spacial score (nSPS) is 9.68. The fourth-order valence-corrected chi connectivity index (χ4v) is 1.67. The van der Waals surface area contributed by atoms with Gasteiger partial charge in [0.15, 0.2) is 5.78 Å². The van der Waals surface area contributed by atoms with E-state index in [2.05, 4.69) is 0 Å². The summed E-state index contributed by atoms with van der Waals surface area (Å²) >= 11 is 0. The number of ketones is 1. The second-order valence-corrected chi connectivity index (χ2v) is 4.04. The molecule has 2 aromatic rings. The first kappa shape index (κ1) is 12.8. The van der Waals surface area contributed by atoms with Crippen LogP contribution in [0, 0.1) is 11.3 Å². The molecule has 0 unspecified atom stereocenters. The molecule has 0 saturated carbocycles. The highest BCUT2D eigenvalue weighted by Gasteiger charge is 2.05. The van der Waals surface area contributed by atoms with Crippen molar-refractivity contribution < 1.29 is 9.53 Å². The number of rotatable bonds is 4. The summed E-state index contributed by atoms with van der Waals surface area (Å²) in [6.07, 6.45) is 0.473. The van der Waals surface area contributed by atoms with Crippen molar-refractivity contribution in [2.24, 2.45) is 0 Å². The Morgan fingerprint density at radius 1 is 1.16 bits per heavy atom. The van der Waals surface area contributed by atoms with Crippen molar-refractivity contribution in [3.63, 3.8) is 0 Å². The molecule has 0 fully saturated rings. The summed E-state index contributed by atoms with van der Waals surface area (Å²) in [5.74, 6) is 1.34. The van der Waals surface area contributed by atoms with E-state index in [0.29, 0.717) is 29.0 Å². The summed E-state index contributed by atoms with van der Waals surface area (Å²) in [6, 6.07) is 16.0. The molecule has 94 valence electrons. The molecule has 2 rings (SSSR count). The largest absolute Gasteiger partial charge is 0.457 e. The molecular weight excluding hydrogens is 238 g/mol. The smallest absolute Gasteiger partial charge is 0.162 e. The van der Waals surface area contributed by atoms with Gasteiger partial charge < -0.3 is 4.74 Å². The van der Waals surface area contributed by atoms with Gasteiger partial charge in [-0.25, -0.2) is 0 Å². The predicted molar refractivity (Wildman–Crippen MR) is 72.3 cm³/mol. The minimum Gasteiger partial charge on any atom is -0.457 e. The van der Waals surface area contributed by atoms with Crippen LogP contribution < -0.4 is 4.74 Å². The van der Waals surface area contributed by atoms with Crippen LogP contribution in [-0.2, 0) is 0 Å². The van der Waals surface area contributed by atoms with Gasteiger partial charge in [-0.15, -0.1) is 0 Å². The third-order valence-electron chi connectivity index (χ3n) is 2.70. The van der Waals surface area contributed by atoms with Crippen LogP contribution >= 0.6 is 0 Å². The first-order chi connectivity index (χ1) is 9.22. The van der Waals surface area contributed by atoms with Crippen LogP contribution in [0.15, 0.2) is 48.5 Å². The molecule has 0 amide bonds. The van der Waals surface area contributed by atoms with E-state index in [1.165, 1.54) is 0 Å². The first-order valence-corrected chi connectivity index (χ1v) is 6.04. The Labute approximate surface area is 112 Å². The van der Waals surface area contributed by atoms with Gasteiger partial charge in [0.2, 0.25) is 0 Å². The van der Waals surface area contributed by atoms with Gasteiger partial charge in [0, 0.05) is 12.0 Å². The van der Waals surface area contributed by atoms with Crippen molar-refractivity contribution in [1.82, 2.24) is 0 Å². The monoisotopic (exact) mass is 251 g/mol. The fourth-order valence-electron chi connectivity index (χ4n) is 1.67. The summed E-state index contributed by atoms with van der Waals surface area (Å²) in [7, 11) is 0. The van der Waals surface area contributed by atoms with Crippen molar-refractivity contribution >= 4 is 5.78 Å². The predicted octanol–water partition coefficient (Wildman–Crippen LogP) is 3.94. The zero-order valence-electron chi connectivity index (χ0n) is 10.6. The van der Waals surface area contributed by atoms with Gasteiger partial charge in [-0.3, -0.25) is 4.79 Å². The van der Waals surface area contributed by atoms with Crippen molar-refractivity contribution in [3.8, 4) is 17.6 Å². The summed E-state index contributed by atoms with van der Waals surface area (Å²) in [4.78, 5) is 11.6. The third-order valence-corrected chi connectivity index (χ3v) is 2.70. The van der Waals surface area contributed by atoms with Crippen molar-refractivity contribution in [2.75, 3.05) is 0 Å². The molecule has 3 heteroatoms. The van der Waals surface area contributed by atoms with Crippen molar-refractivity contribution in [1.29, 1.82) is 5.26 Å².